The highest BCUT2D eigenvalue weighted by Crippen LogP contribution is 2.19. The van der Waals surface area contributed by atoms with Gasteiger partial charge in [0.15, 0.2) is 0 Å². The first-order chi connectivity index (χ1) is 10.7. The summed E-state index contributed by atoms with van der Waals surface area (Å²) in [7, 11) is 1.89. The fourth-order valence-corrected chi connectivity index (χ4v) is 2.74. The highest BCUT2D eigenvalue weighted by molar-refractivity contribution is 5.91. The quantitative estimate of drug-likeness (QED) is 0.914. The van der Waals surface area contributed by atoms with Crippen LogP contribution >= 0.6 is 0 Å². The van der Waals surface area contributed by atoms with Gasteiger partial charge in [0, 0.05) is 19.8 Å². The Balaban J connectivity index is 1.58. The molecule has 0 bridgehead atoms. The average molecular weight is 300 g/mol. The number of nitrogens with one attached hydrogen (secondary N) is 1. The molecule has 0 spiro atoms. The molecule has 22 heavy (non-hydrogen) atoms. The first-order valence-electron chi connectivity index (χ1n) is 7.49. The second kappa shape index (κ2) is 6.65. The van der Waals surface area contributed by atoms with Crippen LogP contribution in [-0.2, 0) is 18.4 Å². The largest absolute Gasteiger partial charge is 0.310 e. The van der Waals surface area contributed by atoms with Gasteiger partial charge in [-0.25, -0.2) is 9.97 Å². The Labute approximate surface area is 129 Å². The van der Waals surface area contributed by atoms with Crippen LogP contribution in [0.15, 0.2) is 30.7 Å². The predicted octanol–water partition coefficient (Wildman–Crippen LogP) is 1.06. The second-order valence-electron chi connectivity index (χ2n) is 5.58. The summed E-state index contributed by atoms with van der Waals surface area (Å²) in [6, 6.07) is 5.50. The molecule has 0 aromatic carbocycles. The van der Waals surface area contributed by atoms with Gasteiger partial charge in [-0.3, -0.25) is 14.4 Å². The second-order valence-corrected chi connectivity index (χ2v) is 5.58. The van der Waals surface area contributed by atoms with Crippen LogP contribution in [-0.4, -0.2) is 43.6 Å². The molecular weight excluding hydrogens is 280 g/mol. The molecule has 1 N–H and O–H groups in total. The first kappa shape index (κ1) is 14.6. The van der Waals surface area contributed by atoms with Crippen molar-refractivity contribution < 1.29 is 4.79 Å². The van der Waals surface area contributed by atoms with E-state index in [1.165, 1.54) is 0 Å². The van der Waals surface area contributed by atoms with Gasteiger partial charge in [-0.05, 0) is 31.5 Å². The van der Waals surface area contributed by atoms with E-state index in [9.17, 15) is 4.79 Å². The van der Waals surface area contributed by atoms with E-state index in [1.807, 2.05) is 19.2 Å². The molecule has 0 radical (unpaired) electrons. The summed E-state index contributed by atoms with van der Waals surface area (Å²) in [5, 5.41) is 6.98. The first-order valence-corrected chi connectivity index (χ1v) is 7.49. The Bertz CT molecular complexity index is 626. The van der Waals surface area contributed by atoms with Crippen molar-refractivity contribution in [3.63, 3.8) is 0 Å². The van der Waals surface area contributed by atoms with Crippen LogP contribution in [0.2, 0.25) is 0 Å². The summed E-state index contributed by atoms with van der Waals surface area (Å²) in [5.74, 6) is 1.56. The van der Waals surface area contributed by atoms with Crippen molar-refractivity contribution in [2.45, 2.75) is 19.4 Å². The number of carbonyl (C=O) groups is 1. The lowest BCUT2D eigenvalue weighted by molar-refractivity contribution is -0.121. The van der Waals surface area contributed by atoms with E-state index in [0.717, 1.165) is 38.3 Å². The minimum absolute atomic E-state index is 0.0102. The molecule has 3 rings (SSSR count). The fraction of sp³-hybridized carbons (Fsp3) is 0.467. The highest BCUT2D eigenvalue weighted by atomic mass is 16.2. The molecule has 1 amide bonds. The van der Waals surface area contributed by atoms with Gasteiger partial charge in [0.05, 0.1) is 12.5 Å². The van der Waals surface area contributed by atoms with Gasteiger partial charge in [-0.1, -0.05) is 6.07 Å². The molecule has 1 aliphatic rings. The third-order valence-corrected chi connectivity index (χ3v) is 3.96. The van der Waals surface area contributed by atoms with Crippen molar-refractivity contribution in [1.82, 2.24) is 24.6 Å². The maximum Gasteiger partial charge on any atom is 0.229 e. The molecule has 2 aromatic rings. The standard InChI is InChI=1S/C15H20N6O/c1-20-14(17-11-18-20)10-21-8-4-5-12(9-21)15(22)19-13-6-2-3-7-16-13/h2-3,6-7,11-12H,4-5,8-10H2,1H3,(H,16,19,22). The van der Waals surface area contributed by atoms with Crippen molar-refractivity contribution in [3.8, 4) is 0 Å². The summed E-state index contributed by atoms with van der Waals surface area (Å²) in [6.07, 6.45) is 5.16. The molecule has 1 saturated heterocycles. The van der Waals surface area contributed by atoms with E-state index < -0.39 is 0 Å². The van der Waals surface area contributed by atoms with E-state index in [0.29, 0.717) is 5.82 Å². The number of hydrogen-bond donors (Lipinski definition) is 1. The Kier molecular flexibility index (Phi) is 4.43. The number of aromatic nitrogens is 4. The maximum atomic E-state index is 12.4. The molecule has 0 aliphatic carbocycles. The molecule has 116 valence electrons. The Hall–Kier alpha value is -2.28. The lowest BCUT2D eigenvalue weighted by Gasteiger charge is -2.31. The minimum Gasteiger partial charge on any atom is -0.310 e. The molecule has 7 nitrogen and oxygen atoms in total. The van der Waals surface area contributed by atoms with Gasteiger partial charge in [0.1, 0.15) is 18.0 Å². The van der Waals surface area contributed by atoms with Gasteiger partial charge >= 0.3 is 0 Å². The zero-order valence-electron chi connectivity index (χ0n) is 12.6. The third kappa shape index (κ3) is 3.48. The predicted molar refractivity (Wildman–Crippen MR) is 81.9 cm³/mol. The number of piperidine rings is 1. The number of hydrogen-bond acceptors (Lipinski definition) is 5. The average Bonchev–Trinajstić information content (AvgIpc) is 2.94. The van der Waals surface area contributed by atoms with Crippen LogP contribution in [0.3, 0.4) is 0 Å². The van der Waals surface area contributed by atoms with E-state index in [-0.39, 0.29) is 11.8 Å². The SMILES string of the molecule is Cn1ncnc1CN1CCCC(C(=O)Nc2ccccn2)C1. The lowest BCUT2D eigenvalue weighted by Crippen LogP contribution is -2.40. The summed E-state index contributed by atoms with van der Waals surface area (Å²) in [4.78, 5) is 23.0. The topological polar surface area (TPSA) is 75.9 Å². The summed E-state index contributed by atoms with van der Waals surface area (Å²) in [5.41, 5.74) is 0. The number of anilines is 1. The zero-order chi connectivity index (χ0) is 15.4. The van der Waals surface area contributed by atoms with Gasteiger partial charge in [0.25, 0.3) is 0 Å². The number of pyridine rings is 1. The van der Waals surface area contributed by atoms with Crippen molar-refractivity contribution in [2.24, 2.45) is 13.0 Å². The molecule has 1 atom stereocenters. The Morgan fingerprint density at radius 2 is 2.32 bits per heavy atom. The summed E-state index contributed by atoms with van der Waals surface area (Å²) < 4.78 is 1.78. The van der Waals surface area contributed by atoms with Crippen molar-refractivity contribution in [3.05, 3.63) is 36.5 Å². The Morgan fingerprint density at radius 1 is 1.41 bits per heavy atom. The van der Waals surface area contributed by atoms with Crippen LogP contribution in [0.25, 0.3) is 0 Å². The molecule has 1 unspecified atom stereocenters. The number of carbonyl (C=O) groups excluding carboxylic acids is 1. The Morgan fingerprint density at radius 3 is 3.05 bits per heavy atom. The van der Waals surface area contributed by atoms with Gasteiger partial charge in [-0.2, -0.15) is 5.10 Å². The highest BCUT2D eigenvalue weighted by Gasteiger charge is 2.26. The normalized spacial score (nSPS) is 19.0. The number of aryl methyl sites for hydroxylation is 1. The molecule has 1 fully saturated rings. The molecule has 7 heteroatoms. The molecule has 3 heterocycles. The number of amides is 1. The van der Waals surface area contributed by atoms with Gasteiger partial charge in [0.2, 0.25) is 5.91 Å². The van der Waals surface area contributed by atoms with Crippen molar-refractivity contribution in [2.75, 3.05) is 18.4 Å². The zero-order valence-corrected chi connectivity index (χ0v) is 12.6. The molecular formula is C15H20N6O. The number of likely N-dealkylation sites (tertiary alicyclic amines) is 1. The summed E-state index contributed by atoms with van der Waals surface area (Å²) >= 11 is 0. The van der Waals surface area contributed by atoms with Gasteiger partial charge in [-0.15, -0.1) is 0 Å². The number of rotatable bonds is 4. The van der Waals surface area contributed by atoms with Gasteiger partial charge < -0.3 is 5.32 Å². The molecule has 2 aromatic heterocycles. The van der Waals surface area contributed by atoms with E-state index in [2.05, 4.69) is 25.3 Å². The van der Waals surface area contributed by atoms with E-state index in [1.54, 1.807) is 23.3 Å². The molecule has 1 aliphatic heterocycles. The van der Waals surface area contributed by atoms with Crippen LogP contribution < -0.4 is 5.32 Å². The van der Waals surface area contributed by atoms with Crippen LogP contribution in [0, 0.1) is 5.92 Å². The fourth-order valence-electron chi connectivity index (χ4n) is 2.74. The maximum absolute atomic E-state index is 12.4. The van der Waals surface area contributed by atoms with Crippen LogP contribution in [0.4, 0.5) is 5.82 Å². The number of nitrogens with zero attached hydrogens (tertiary/aromatic N) is 5. The van der Waals surface area contributed by atoms with E-state index >= 15 is 0 Å². The monoisotopic (exact) mass is 300 g/mol. The molecule has 0 saturated carbocycles. The van der Waals surface area contributed by atoms with E-state index in [4.69, 9.17) is 0 Å². The third-order valence-electron chi connectivity index (χ3n) is 3.96. The van der Waals surface area contributed by atoms with Crippen molar-refractivity contribution in [1.29, 1.82) is 0 Å². The van der Waals surface area contributed by atoms with Crippen LogP contribution in [0.1, 0.15) is 18.7 Å². The summed E-state index contributed by atoms with van der Waals surface area (Å²) in [6.45, 7) is 2.45. The lowest BCUT2D eigenvalue weighted by atomic mass is 9.97. The smallest absolute Gasteiger partial charge is 0.229 e. The van der Waals surface area contributed by atoms with Crippen molar-refractivity contribution >= 4 is 11.7 Å². The minimum atomic E-state index is -0.0102. The van der Waals surface area contributed by atoms with Crippen LogP contribution in [0.5, 0.6) is 0 Å².